The number of anilines is 1. The summed E-state index contributed by atoms with van der Waals surface area (Å²) >= 11 is 5.59. The molecule has 3 rings (SSSR count). The fourth-order valence-corrected chi connectivity index (χ4v) is 3.18. The zero-order valence-corrected chi connectivity index (χ0v) is 15.8. The second-order valence-corrected chi connectivity index (χ2v) is 6.75. The lowest BCUT2D eigenvalue weighted by molar-refractivity contribution is -0.137. The summed E-state index contributed by atoms with van der Waals surface area (Å²) in [5.74, 6) is 0.596. The van der Waals surface area contributed by atoms with Crippen LogP contribution in [0.25, 0.3) is 0 Å². The third-order valence-electron chi connectivity index (χ3n) is 4.64. The summed E-state index contributed by atoms with van der Waals surface area (Å²) in [4.78, 5) is 15.5. The summed E-state index contributed by atoms with van der Waals surface area (Å²) in [6, 6.07) is 12.5. The van der Waals surface area contributed by atoms with E-state index < -0.39 is 11.7 Å². The minimum Gasteiger partial charge on any atom is -0.489 e. The molecule has 0 saturated carbocycles. The van der Waals surface area contributed by atoms with Gasteiger partial charge >= 0.3 is 6.18 Å². The Balaban J connectivity index is 1.52. The highest BCUT2D eigenvalue weighted by atomic mass is 35.5. The number of carbonyl (C=O) groups is 1. The monoisotopic (exact) mass is 412 g/mol. The highest BCUT2D eigenvalue weighted by Crippen LogP contribution is 2.29. The zero-order chi connectivity index (χ0) is 20.1. The molecule has 4 nitrogen and oxygen atoms in total. The van der Waals surface area contributed by atoms with Gasteiger partial charge in [0, 0.05) is 31.9 Å². The first-order valence-electron chi connectivity index (χ1n) is 8.84. The van der Waals surface area contributed by atoms with Crippen LogP contribution < -0.4 is 9.64 Å². The van der Waals surface area contributed by atoms with Crippen molar-refractivity contribution < 1.29 is 22.7 Å². The molecule has 1 fully saturated rings. The van der Waals surface area contributed by atoms with Crippen molar-refractivity contribution >= 4 is 23.2 Å². The molecule has 0 bridgehead atoms. The molecule has 0 unspecified atom stereocenters. The Morgan fingerprint density at radius 2 is 1.57 bits per heavy atom. The average molecular weight is 413 g/mol. The normalized spacial score (nSPS) is 14.9. The molecule has 150 valence electrons. The van der Waals surface area contributed by atoms with Crippen molar-refractivity contribution in [2.24, 2.45) is 0 Å². The van der Waals surface area contributed by atoms with Crippen LogP contribution in [0.1, 0.15) is 11.1 Å². The van der Waals surface area contributed by atoms with E-state index in [1.54, 1.807) is 4.90 Å². The van der Waals surface area contributed by atoms with Gasteiger partial charge in [-0.1, -0.05) is 12.1 Å². The maximum Gasteiger partial charge on any atom is 0.416 e. The second-order valence-electron chi connectivity index (χ2n) is 6.48. The van der Waals surface area contributed by atoms with Gasteiger partial charge < -0.3 is 14.5 Å². The number of ether oxygens (including phenoxy) is 1. The van der Waals surface area contributed by atoms with E-state index in [4.69, 9.17) is 16.3 Å². The second kappa shape index (κ2) is 8.73. The van der Waals surface area contributed by atoms with Crippen molar-refractivity contribution in [2.75, 3.05) is 37.0 Å². The van der Waals surface area contributed by atoms with E-state index in [0.717, 1.165) is 30.9 Å². The number of piperazine rings is 1. The van der Waals surface area contributed by atoms with Crippen LogP contribution in [0, 0.1) is 0 Å². The zero-order valence-electron chi connectivity index (χ0n) is 15.1. The first-order valence-corrected chi connectivity index (χ1v) is 9.38. The van der Waals surface area contributed by atoms with Gasteiger partial charge in [0.1, 0.15) is 18.2 Å². The molecule has 0 atom stereocenters. The fourth-order valence-electron chi connectivity index (χ4n) is 3.01. The Hall–Kier alpha value is -2.41. The molecule has 8 heteroatoms. The predicted octanol–water partition coefficient (Wildman–Crippen LogP) is 4.17. The smallest absolute Gasteiger partial charge is 0.416 e. The molecular formula is C20H20ClF3N2O2. The summed E-state index contributed by atoms with van der Waals surface area (Å²) < 4.78 is 43.4. The van der Waals surface area contributed by atoms with Gasteiger partial charge in [0.05, 0.1) is 5.56 Å². The van der Waals surface area contributed by atoms with Gasteiger partial charge in [0.25, 0.3) is 0 Å². The lowest BCUT2D eigenvalue weighted by Crippen LogP contribution is -2.49. The molecule has 0 aromatic heterocycles. The molecule has 1 aliphatic heterocycles. The molecule has 0 N–H and O–H groups in total. The number of nitrogens with zero attached hydrogens (tertiary/aromatic N) is 2. The topological polar surface area (TPSA) is 32.8 Å². The molecule has 1 aliphatic rings. The molecule has 1 amide bonds. The Labute approximate surface area is 166 Å². The van der Waals surface area contributed by atoms with Gasteiger partial charge in [-0.05, 0) is 42.0 Å². The highest BCUT2D eigenvalue weighted by Gasteiger charge is 2.29. The summed E-state index contributed by atoms with van der Waals surface area (Å²) in [5, 5.41) is 0. The van der Waals surface area contributed by atoms with Gasteiger partial charge in [-0.25, -0.2) is 0 Å². The number of carbonyl (C=O) groups excluding carboxylic acids is 1. The average Bonchev–Trinajstić information content (AvgIpc) is 2.72. The Morgan fingerprint density at radius 3 is 2.11 bits per heavy atom. The van der Waals surface area contributed by atoms with E-state index in [1.807, 2.05) is 24.3 Å². The summed E-state index contributed by atoms with van der Waals surface area (Å²) in [7, 11) is 0. The fraction of sp³-hybridized carbons (Fsp3) is 0.350. The number of hydrogen-bond donors (Lipinski definition) is 0. The number of hydrogen-bond acceptors (Lipinski definition) is 3. The highest BCUT2D eigenvalue weighted by molar-refractivity contribution is 6.27. The van der Waals surface area contributed by atoms with Crippen molar-refractivity contribution in [3.05, 3.63) is 59.7 Å². The van der Waals surface area contributed by atoms with Crippen LogP contribution in [0.15, 0.2) is 48.5 Å². The number of halogens is 4. The first-order chi connectivity index (χ1) is 13.4. The van der Waals surface area contributed by atoms with Gasteiger partial charge in [-0.15, -0.1) is 11.6 Å². The molecule has 1 saturated heterocycles. The first kappa shape index (κ1) is 20.3. The molecule has 1 heterocycles. The van der Waals surface area contributed by atoms with Crippen molar-refractivity contribution in [2.45, 2.75) is 12.8 Å². The minimum atomic E-state index is -4.34. The third-order valence-corrected chi connectivity index (χ3v) is 4.86. The molecule has 2 aromatic rings. The molecule has 0 spiro atoms. The lowest BCUT2D eigenvalue weighted by atomic mass is 10.1. The maximum absolute atomic E-state index is 12.6. The van der Waals surface area contributed by atoms with Crippen LogP contribution in [-0.2, 0) is 17.6 Å². The van der Waals surface area contributed by atoms with E-state index in [1.165, 1.54) is 12.1 Å². The van der Waals surface area contributed by atoms with Crippen LogP contribution in [0.5, 0.6) is 5.75 Å². The molecule has 2 aromatic carbocycles. The molecule has 28 heavy (non-hydrogen) atoms. The molecular weight excluding hydrogens is 393 g/mol. The summed E-state index contributed by atoms with van der Waals surface area (Å²) in [6.45, 7) is 2.93. The van der Waals surface area contributed by atoms with Crippen molar-refractivity contribution in [1.82, 2.24) is 4.90 Å². The quantitative estimate of drug-likeness (QED) is 0.691. The van der Waals surface area contributed by atoms with Crippen molar-refractivity contribution in [1.29, 1.82) is 0 Å². The van der Waals surface area contributed by atoms with Crippen LogP contribution in [-0.4, -0.2) is 42.9 Å². The van der Waals surface area contributed by atoms with Crippen molar-refractivity contribution in [3.63, 3.8) is 0 Å². The van der Waals surface area contributed by atoms with Crippen molar-refractivity contribution in [3.8, 4) is 5.75 Å². The van der Waals surface area contributed by atoms with E-state index in [0.29, 0.717) is 24.4 Å². The Kier molecular flexibility index (Phi) is 6.34. The summed E-state index contributed by atoms with van der Waals surface area (Å²) in [5.41, 5.74) is 1.02. The summed E-state index contributed by atoms with van der Waals surface area (Å²) in [6.07, 6.45) is -4.34. The van der Waals surface area contributed by atoms with Crippen LogP contribution in [0.3, 0.4) is 0 Å². The number of benzene rings is 2. The Morgan fingerprint density at radius 1 is 0.964 bits per heavy atom. The van der Waals surface area contributed by atoms with Crippen LogP contribution >= 0.6 is 11.6 Å². The van der Waals surface area contributed by atoms with E-state index in [2.05, 4.69) is 4.90 Å². The predicted molar refractivity (Wildman–Crippen MR) is 102 cm³/mol. The van der Waals surface area contributed by atoms with Gasteiger partial charge in [-0.3, -0.25) is 4.79 Å². The molecule has 0 aliphatic carbocycles. The minimum absolute atomic E-state index is 0.00493. The van der Waals surface area contributed by atoms with Gasteiger partial charge in [-0.2, -0.15) is 13.2 Å². The number of alkyl halides is 4. The van der Waals surface area contributed by atoms with E-state index in [9.17, 15) is 18.0 Å². The maximum atomic E-state index is 12.6. The Bertz CT molecular complexity index is 787. The van der Waals surface area contributed by atoms with E-state index in [-0.39, 0.29) is 18.4 Å². The number of rotatable bonds is 5. The van der Waals surface area contributed by atoms with Crippen LogP contribution in [0.2, 0.25) is 0 Å². The standard InChI is InChI=1S/C20H20ClF3N2O2/c21-13-19(27)26-11-9-25(10-12-26)17-5-7-18(8-6-17)28-14-15-1-3-16(4-2-15)20(22,23)24/h1-8H,9-14H2. The lowest BCUT2D eigenvalue weighted by Gasteiger charge is -2.35. The molecule has 0 radical (unpaired) electrons. The third kappa shape index (κ3) is 5.10. The van der Waals surface area contributed by atoms with E-state index >= 15 is 0 Å². The number of amides is 1. The van der Waals surface area contributed by atoms with Gasteiger partial charge in [0.15, 0.2) is 0 Å². The van der Waals surface area contributed by atoms with Gasteiger partial charge in [0.2, 0.25) is 5.91 Å². The van der Waals surface area contributed by atoms with Crippen LogP contribution in [0.4, 0.5) is 18.9 Å². The largest absolute Gasteiger partial charge is 0.489 e. The SMILES string of the molecule is O=C(CCl)N1CCN(c2ccc(OCc3ccc(C(F)(F)F)cc3)cc2)CC1.